The number of carbonyl (C=O) groups is 2. The van der Waals surface area contributed by atoms with Crippen molar-refractivity contribution < 1.29 is 19.4 Å². The summed E-state index contributed by atoms with van der Waals surface area (Å²) in [5, 5.41) is 10.4. The van der Waals surface area contributed by atoms with Crippen LogP contribution in [0.2, 0.25) is 0 Å². The maximum atomic E-state index is 12.7. The lowest BCUT2D eigenvalue weighted by Gasteiger charge is -2.54. The molecule has 2 aromatic carbocycles. The van der Waals surface area contributed by atoms with Gasteiger partial charge >= 0.3 is 5.97 Å². The molecule has 2 fully saturated rings. The van der Waals surface area contributed by atoms with Gasteiger partial charge in [-0.1, -0.05) is 72.2 Å². The van der Waals surface area contributed by atoms with Gasteiger partial charge in [0.2, 0.25) is 0 Å². The highest BCUT2D eigenvalue weighted by Crippen LogP contribution is 2.59. The van der Waals surface area contributed by atoms with Gasteiger partial charge in [0.15, 0.2) is 0 Å². The van der Waals surface area contributed by atoms with Crippen LogP contribution in [0.15, 0.2) is 24.3 Å². The van der Waals surface area contributed by atoms with E-state index in [4.69, 9.17) is 4.74 Å². The lowest BCUT2D eigenvalue weighted by molar-refractivity contribution is -0.159. The van der Waals surface area contributed by atoms with E-state index in [2.05, 4.69) is 72.7 Å². The molecule has 4 aliphatic rings. The molecule has 6 atom stereocenters. The number of rotatable bonds is 6. The summed E-state index contributed by atoms with van der Waals surface area (Å²) < 4.78 is 5.88. The predicted octanol–water partition coefficient (Wildman–Crippen LogP) is 9.63. The van der Waals surface area contributed by atoms with Gasteiger partial charge in [-0.25, -0.2) is 0 Å². The van der Waals surface area contributed by atoms with Crippen molar-refractivity contribution in [3.63, 3.8) is 0 Å². The molecule has 0 amide bonds. The molecule has 4 aliphatic carbocycles. The van der Waals surface area contributed by atoms with Crippen molar-refractivity contribution in [3.8, 4) is 11.1 Å². The van der Waals surface area contributed by atoms with Gasteiger partial charge in [0.25, 0.3) is 6.47 Å². The number of aryl methyl sites for hydroxylation is 2. The quantitative estimate of drug-likeness (QED) is 0.336. The van der Waals surface area contributed by atoms with Gasteiger partial charge in [0.1, 0.15) is 5.60 Å². The Morgan fingerprint density at radius 3 is 1.73 bits per heavy atom. The summed E-state index contributed by atoms with van der Waals surface area (Å²) in [7, 11) is 0. The first-order valence-electron chi connectivity index (χ1n) is 17.4. The summed E-state index contributed by atoms with van der Waals surface area (Å²) in [5.41, 5.74) is 9.91. The Bertz CT molecular complexity index is 1490. The van der Waals surface area contributed by atoms with E-state index in [1.807, 2.05) is 6.92 Å². The van der Waals surface area contributed by atoms with Gasteiger partial charge in [0.05, 0.1) is 5.41 Å². The van der Waals surface area contributed by atoms with Crippen molar-refractivity contribution in [2.24, 2.45) is 17.3 Å². The Morgan fingerprint density at radius 2 is 1.25 bits per heavy atom. The molecule has 238 valence electrons. The molecule has 0 saturated heterocycles. The Kier molecular flexibility index (Phi) is 7.65. The van der Waals surface area contributed by atoms with E-state index in [9.17, 15) is 14.7 Å². The first kappa shape index (κ1) is 31.4. The van der Waals surface area contributed by atoms with Crippen LogP contribution in [0.3, 0.4) is 0 Å². The largest absolute Gasteiger partial charge is 0.481 e. The lowest BCUT2D eigenvalue weighted by atomic mass is 9.49. The van der Waals surface area contributed by atoms with E-state index < -0.39 is 17.0 Å². The molecule has 0 bridgehead atoms. The standard InChI is InChI=1S/C40H54O4/c1-24(2)28-19-26-11-13-34-37(5,15-9-17-39(34,7)36(42)43)32(26)21-30(28)31-22-33-27(20-29(31)25(3)4)12-14-35-38(33,6)16-10-18-40(35,8)44-23-41/h19-25,34-35H,9-18H2,1-8H3,(H,42,43). The molecule has 44 heavy (non-hydrogen) atoms. The Balaban J connectivity index is 1.57. The topological polar surface area (TPSA) is 63.6 Å². The molecule has 4 nitrogen and oxygen atoms in total. The van der Waals surface area contributed by atoms with Crippen molar-refractivity contribution in [3.05, 3.63) is 57.6 Å². The SMILES string of the molecule is CC(C)c1cc2c(cc1-c1cc3c(cc1C(C)C)CCC1C(C)(C(=O)O)CCCC31C)C1(C)CCCC(C)(OC=O)C1CC2. The number of carboxylic acid groups (broad SMARTS) is 1. The molecule has 1 N–H and O–H groups in total. The highest BCUT2D eigenvalue weighted by atomic mass is 16.5. The summed E-state index contributed by atoms with van der Waals surface area (Å²) in [4.78, 5) is 24.3. The number of benzene rings is 2. The van der Waals surface area contributed by atoms with Crippen molar-refractivity contribution in [1.29, 1.82) is 0 Å². The molecule has 2 aromatic rings. The van der Waals surface area contributed by atoms with Crippen LogP contribution in [-0.4, -0.2) is 23.1 Å². The fraction of sp³-hybridized carbons (Fsp3) is 0.650. The van der Waals surface area contributed by atoms with Crippen LogP contribution in [0.25, 0.3) is 11.1 Å². The van der Waals surface area contributed by atoms with Crippen LogP contribution in [0.4, 0.5) is 0 Å². The highest BCUT2D eigenvalue weighted by molar-refractivity contribution is 5.78. The second kappa shape index (κ2) is 10.7. The molecule has 6 rings (SSSR count). The molecule has 4 heteroatoms. The Morgan fingerprint density at radius 1 is 0.773 bits per heavy atom. The number of hydrogen-bond acceptors (Lipinski definition) is 3. The van der Waals surface area contributed by atoms with Crippen molar-refractivity contribution in [2.45, 2.75) is 148 Å². The number of fused-ring (bicyclic) bond motifs is 6. The van der Waals surface area contributed by atoms with Crippen LogP contribution in [0.5, 0.6) is 0 Å². The van der Waals surface area contributed by atoms with E-state index in [-0.39, 0.29) is 16.7 Å². The van der Waals surface area contributed by atoms with E-state index in [0.717, 1.165) is 64.2 Å². The zero-order chi connectivity index (χ0) is 31.8. The predicted molar refractivity (Wildman–Crippen MR) is 177 cm³/mol. The van der Waals surface area contributed by atoms with Gasteiger partial charge in [-0.05, 0) is 145 Å². The molecule has 2 saturated carbocycles. The summed E-state index contributed by atoms with van der Waals surface area (Å²) in [6, 6.07) is 10.1. The molecule has 0 spiro atoms. The molecule has 0 heterocycles. The second-order valence-corrected chi connectivity index (χ2v) is 16.5. The number of hydrogen-bond donors (Lipinski definition) is 1. The number of ether oxygens (including phenoxy) is 1. The van der Waals surface area contributed by atoms with Gasteiger partial charge < -0.3 is 9.84 Å². The minimum Gasteiger partial charge on any atom is -0.481 e. The van der Waals surface area contributed by atoms with E-state index in [0.29, 0.717) is 24.2 Å². The number of carbonyl (C=O) groups excluding carboxylic acids is 1. The van der Waals surface area contributed by atoms with Crippen LogP contribution >= 0.6 is 0 Å². The zero-order valence-corrected chi connectivity index (χ0v) is 28.4. The summed E-state index contributed by atoms with van der Waals surface area (Å²) in [5.74, 6) is 0.545. The van der Waals surface area contributed by atoms with Gasteiger partial charge in [-0.3, -0.25) is 9.59 Å². The summed E-state index contributed by atoms with van der Waals surface area (Å²) >= 11 is 0. The third kappa shape index (κ3) is 4.51. The van der Waals surface area contributed by atoms with E-state index >= 15 is 0 Å². The zero-order valence-electron chi connectivity index (χ0n) is 28.4. The third-order valence-corrected chi connectivity index (χ3v) is 13.3. The van der Waals surface area contributed by atoms with Gasteiger partial charge in [0, 0.05) is 5.92 Å². The first-order chi connectivity index (χ1) is 20.7. The fourth-order valence-corrected chi connectivity index (χ4v) is 10.9. The number of carboxylic acids is 1. The van der Waals surface area contributed by atoms with Crippen LogP contribution < -0.4 is 0 Å². The van der Waals surface area contributed by atoms with Gasteiger partial charge in [-0.15, -0.1) is 0 Å². The smallest absolute Gasteiger partial charge is 0.309 e. The molecular formula is C40H54O4. The minimum atomic E-state index is -0.683. The molecule has 0 aliphatic heterocycles. The fourth-order valence-electron chi connectivity index (χ4n) is 10.9. The second-order valence-electron chi connectivity index (χ2n) is 16.5. The number of aliphatic carboxylic acids is 1. The maximum absolute atomic E-state index is 12.7. The monoisotopic (exact) mass is 598 g/mol. The van der Waals surface area contributed by atoms with Gasteiger partial charge in [-0.2, -0.15) is 0 Å². The van der Waals surface area contributed by atoms with Crippen molar-refractivity contribution >= 4 is 12.4 Å². The van der Waals surface area contributed by atoms with Crippen molar-refractivity contribution in [1.82, 2.24) is 0 Å². The highest BCUT2D eigenvalue weighted by Gasteiger charge is 2.56. The Hall–Kier alpha value is -2.62. The normalized spacial score (nSPS) is 34.5. The molecule has 0 aromatic heterocycles. The first-order valence-corrected chi connectivity index (χ1v) is 17.4. The molecular weight excluding hydrogens is 544 g/mol. The van der Waals surface area contributed by atoms with Crippen LogP contribution in [0.1, 0.15) is 152 Å². The maximum Gasteiger partial charge on any atom is 0.309 e. The minimum absolute atomic E-state index is 0.0518. The molecule has 6 unspecified atom stereocenters. The average Bonchev–Trinajstić information content (AvgIpc) is 2.95. The van der Waals surface area contributed by atoms with Crippen molar-refractivity contribution in [2.75, 3.05) is 0 Å². The summed E-state index contributed by atoms with van der Waals surface area (Å²) in [6.07, 6.45) is 9.81. The Labute approximate surface area is 265 Å². The van der Waals surface area contributed by atoms with Crippen LogP contribution in [-0.2, 0) is 38.0 Å². The molecule has 0 radical (unpaired) electrons. The average molecular weight is 599 g/mol. The third-order valence-electron chi connectivity index (χ3n) is 13.3. The van der Waals surface area contributed by atoms with E-state index in [1.54, 1.807) is 0 Å². The van der Waals surface area contributed by atoms with E-state index in [1.165, 1.54) is 44.5 Å². The summed E-state index contributed by atoms with van der Waals surface area (Å²) in [6.45, 7) is 18.9. The van der Waals surface area contributed by atoms with Crippen LogP contribution in [0, 0.1) is 17.3 Å². The lowest BCUT2D eigenvalue weighted by Crippen LogP contribution is -2.54.